The van der Waals surface area contributed by atoms with Crippen LogP contribution in [0.15, 0.2) is 42.5 Å². The Morgan fingerprint density at radius 3 is 2.51 bits per heavy atom. The van der Waals surface area contributed by atoms with Gasteiger partial charge >= 0.3 is 12.1 Å². The first-order valence-electron chi connectivity index (χ1n) is 18.6. The van der Waals surface area contributed by atoms with Crippen LogP contribution < -0.4 is 20.1 Å². The van der Waals surface area contributed by atoms with Gasteiger partial charge in [0, 0.05) is 62.0 Å². The molecular formula is C40H41Cl2F4N5O6. The lowest BCUT2D eigenvalue weighted by Gasteiger charge is -2.38. The van der Waals surface area contributed by atoms with E-state index in [1.54, 1.807) is 29.8 Å². The third kappa shape index (κ3) is 8.04. The Bertz CT molecular complexity index is 2210. The largest absolute Gasteiger partial charge is 0.484 e. The number of carboxylic acid groups (broad SMARTS) is 1. The number of hydrogen-bond donors (Lipinski definition) is 4. The number of ether oxygens (including phenoxy) is 2. The Balaban J connectivity index is 1.12. The summed E-state index contributed by atoms with van der Waals surface area (Å²) in [7, 11) is 1.80. The molecule has 1 saturated carbocycles. The van der Waals surface area contributed by atoms with Crippen LogP contribution in [-0.2, 0) is 37.8 Å². The number of halogens is 6. The van der Waals surface area contributed by atoms with Crippen molar-refractivity contribution in [3.8, 4) is 22.6 Å². The van der Waals surface area contributed by atoms with E-state index in [0.29, 0.717) is 43.5 Å². The summed E-state index contributed by atoms with van der Waals surface area (Å²) in [6, 6.07) is 11.8. The Labute approximate surface area is 335 Å². The summed E-state index contributed by atoms with van der Waals surface area (Å²) in [5.74, 6) is -3.13. The highest BCUT2D eigenvalue weighted by Crippen LogP contribution is 2.46. The number of anilines is 1. The van der Waals surface area contributed by atoms with Crippen LogP contribution in [0.2, 0.25) is 10.0 Å². The molecule has 304 valence electrons. The molecule has 3 aliphatic rings. The van der Waals surface area contributed by atoms with Crippen LogP contribution in [0, 0.1) is 5.82 Å². The number of rotatable bonds is 13. The van der Waals surface area contributed by atoms with E-state index in [1.165, 1.54) is 0 Å². The quantitative estimate of drug-likeness (QED) is 0.100. The van der Waals surface area contributed by atoms with Crippen molar-refractivity contribution in [3.63, 3.8) is 0 Å². The third-order valence-electron chi connectivity index (χ3n) is 11.2. The van der Waals surface area contributed by atoms with Gasteiger partial charge in [0.05, 0.1) is 23.0 Å². The fourth-order valence-corrected chi connectivity index (χ4v) is 8.30. The third-order valence-corrected chi connectivity index (χ3v) is 12.0. The standard InChI is InChI=1S/C40H41Cl2F4N5O6/c1-21(19-52)51-15-12-29-28(18-51)48-36(50(29)2)37(53)49-27-9-4-8-25(33(27)41)22-6-3-7-24-23(22)10-11-30(24)57-32-16-31(56-20-40(44,45)46)26(35(43)34(32)42)17-47-39(38(54)55)13-5-14-39/h3-4,6-9,16,21,30,47,52H,5,10-15,17-20H2,1-2H3,(H,49,53)(H,54,55). The van der Waals surface area contributed by atoms with Gasteiger partial charge in [-0.3, -0.25) is 19.8 Å². The molecule has 1 aromatic heterocycles. The van der Waals surface area contributed by atoms with Gasteiger partial charge in [-0.25, -0.2) is 9.37 Å². The van der Waals surface area contributed by atoms with Crippen molar-refractivity contribution in [2.45, 2.75) is 82.4 Å². The van der Waals surface area contributed by atoms with Crippen molar-refractivity contribution in [3.05, 3.63) is 92.2 Å². The first-order valence-corrected chi connectivity index (χ1v) is 19.3. The summed E-state index contributed by atoms with van der Waals surface area (Å²) in [6.45, 7) is 1.06. The van der Waals surface area contributed by atoms with Crippen molar-refractivity contribution in [1.82, 2.24) is 19.8 Å². The van der Waals surface area contributed by atoms with Gasteiger partial charge in [0.2, 0.25) is 0 Å². The molecule has 1 amide bonds. The number of alkyl halides is 3. The van der Waals surface area contributed by atoms with E-state index >= 15 is 4.39 Å². The molecular weight excluding hydrogens is 793 g/mol. The first kappa shape index (κ1) is 40.8. The SMILES string of the molecule is CC(CO)N1CCc2c(nc(C(=O)Nc3cccc(-c4cccc5c4CCC5Oc4cc(OCC(F)(F)F)c(CNC5(C(=O)O)CCC5)c(F)c4Cl)c3Cl)n2C)C1. The van der Waals surface area contributed by atoms with Crippen molar-refractivity contribution < 1.29 is 46.8 Å². The molecule has 11 nitrogen and oxygen atoms in total. The smallest absolute Gasteiger partial charge is 0.422 e. The Morgan fingerprint density at radius 2 is 1.82 bits per heavy atom. The number of aromatic nitrogens is 2. The first-order chi connectivity index (χ1) is 27.1. The van der Waals surface area contributed by atoms with Gasteiger partial charge in [-0.15, -0.1) is 0 Å². The molecule has 0 spiro atoms. The molecule has 4 N–H and O–H groups in total. The average molecular weight is 835 g/mol. The fraction of sp³-hybridized carbons (Fsp3) is 0.425. The lowest BCUT2D eigenvalue weighted by molar-refractivity contribution is -0.153. The number of nitrogens with one attached hydrogen (secondary N) is 2. The predicted octanol–water partition coefficient (Wildman–Crippen LogP) is 7.63. The van der Waals surface area contributed by atoms with Gasteiger partial charge in [-0.1, -0.05) is 53.5 Å². The zero-order chi connectivity index (χ0) is 40.8. The molecule has 7 rings (SSSR count). The lowest BCUT2D eigenvalue weighted by atomic mass is 9.76. The van der Waals surface area contributed by atoms with Crippen molar-refractivity contribution in [2.24, 2.45) is 7.05 Å². The highest BCUT2D eigenvalue weighted by Gasteiger charge is 2.44. The van der Waals surface area contributed by atoms with E-state index in [2.05, 4.69) is 20.5 Å². The minimum absolute atomic E-state index is 0.0206. The highest BCUT2D eigenvalue weighted by molar-refractivity contribution is 6.36. The van der Waals surface area contributed by atoms with Crippen LogP contribution in [0.25, 0.3) is 11.1 Å². The predicted molar refractivity (Wildman–Crippen MR) is 204 cm³/mol. The van der Waals surface area contributed by atoms with Gasteiger partial charge in [-0.05, 0) is 61.8 Å². The number of aliphatic hydroxyl groups excluding tert-OH is 1. The lowest BCUT2D eigenvalue weighted by Crippen LogP contribution is -2.56. The Hall–Kier alpha value is -4.41. The number of amides is 1. The molecule has 0 radical (unpaired) electrons. The maximum atomic E-state index is 15.9. The number of nitrogens with zero attached hydrogens (tertiary/aromatic N) is 3. The molecule has 17 heteroatoms. The molecule has 3 aromatic carbocycles. The van der Waals surface area contributed by atoms with E-state index < -0.39 is 59.4 Å². The second kappa shape index (κ2) is 16.1. The molecule has 2 atom stereocenters. The monoisotopic (exact) mass is 833 g/mol. The molecule has 4 aromatic rings. The summed E-state index contributed by atoms with van der Waals surface area (Å²) in [5, 5.41) is 24.8. The normalized spacial score (nSPS) is 18.0. The number of benzene rings is 3. The van der Waals surface area contributed by atoms with Crippen LogP contribution in [-0.4, -0.2) is 74.1 Å². The number of carboxylic acids is 1. The molecule has 2 heterocycles. The fourth-order valence-electron chi connectivity index (χ4n) is 7.81. The van der Waals surface area contributed by atoms with Gasteiger partial charge in [0.15, 0.2) is 18.2 Å². The molecule has 57 heavy (non-hydrogen) atoms. The zero-order valence-corrected chi connectivity index (χ0v) is 32.6. The average Bonchev–Trinajstić information content (AvgIpc) is 3.73. The highest BCUT2D eigenvalue weighted by atomic mass is 35.5. The minimum Gasteiger partial charge on any atom is -0.484 e. The number of imidazole rings is 1. The van der Waals surface area contributed by atoms with Crippen LogP contribution in [0.1, 0.15) is 77.4 Å². The van der Waals surface area contributed by atoms with Crippen LogP contribution in [0.5, 0.6) is 11.5 Å². The van der Waals surface area contributed by atoms with Gasteiger partial charge in [0.25, 0.3) is 5.91 Å². The summed E-state index contributed by atoms with van der Waals surface area (Å²) < 4.78 is 68.7. The Kier molecular flexibility index (Phi) is 11.5. The second-order valence-electron chi connectivity index (χ2n) is 14.8. The Morgan fingerprint density at radius 1 is 1.09 bits per heavy atom. The minimum atomic E-state index is -4.74. The number of aliphatic hydroxyl groups is 1. The van der Waals surface area contributed by atoms with Gasteiger partial charge < -0.3 is 29.6 Å². The van der Waals surface area contributed by atoms with Crippen LogP contribution in [0.4, 0.5) is 23.2 Å². The van der Waals surface area contributed by atoms with Gasteiger partial charge in [0.1, 0.15) is 28.2 Å². The van der Waals surface area contributed by atoms with E-state index in [0.717, 1.165) is 40.7 Å². The van der Waals surface area contributed by atoms with E-state index in [-0.39, 0.29) is 47.7 Å². The molecule has 0 saturated heterocycles. The van der Waals surface area contributed by atoms with Crippen LogP contribution in [0.3, 0.4) is 0 Å². The maximum Gasteiger partial charge on any atom is 0.422 e. The van der Waals surface area contributed by atoms with Gasteiger partial charge in [-0.2, -0.15) is 13.2 Å². The molecule has 2 aliphatic carbocycles. The summed E-state index contributed by atoms with van der Waals surface area (Å²) >= 11 is 13.4. The molecule has 1 aliphatic heterocycles. The molecule has 1 fully saturated rings. The summed E-state index contributed by atoms with van der Waals surface area (Å²) in [4.78, 5) is 32.2. The second-order valence-corrected chi connectivity index (χ2v) is 15.5. The zero-order valence-electron chi connectivity index (χ0n) is 31.1. The van der Waals surface area contributed by atoms with E-state index in [9.17, 15) is 33.0 Å². The number of carbonyl (C=O) groups is 2. The molecule has 2 unspecified atom stereocenters. The summed E-state index contributed by atoms with van der Waals surface area (Å²) in [6.07, 6.45) is -2.61. The van der Waals surface area contributed by atoms with E-state index in [4.69, 9.17) is 32.7 Å². The number of aliphatic carboxylic acids is 1. The van der Waals surface area contributed by atoms with Crippen molar-refractivity contribution >= 4 is 40.8 Å². The van der Waals surface area contributed by atoms with Crippen molar-refractivity contribution in [2.75, 3.05) is 25.1 Å². The van der Waals surface area contributed by atoms with Crippen molar-refractivity contribution in [1.29, 1.82) is 0 Å². The topological polar surface area (TPSA) is 138 Å². The maximum absolute atomic E-state index is 15.9. The number of carbonyl (C=O) groups excluding carboxylic acids is 1. The molecule has 0 bridgehead atoms. The summed E-state index contributed by atoms with van der Waals surface area (Å²) in [5.41, 5.74) is 3.44. The van der Waals surface area contributed by atoms with E-state index in [1.807, 2.05) is 25.1 Å². The van der Waals surface area contributed by atoms with Crippen LogP contribution >= 0.6 is 23.2 Å². The number of hydrogen-bond acceptors (Lipinski definition) is 8. The number of fused-ring (bicyclic) bond motifs is 2.